The van der Waals surface area contributed by atoms with Crippen LogP contribution in [0.15, 0.2) is 5.38 Å². The Kier molecular flexibility index (Phi) is 2.70. The summed E-state index contributed by atoms with van der Waals surface area (Å²) in [6.45, 7) is 6.65. The van der Waals surface area contributed by atoms with Gasteiger partial charge in [0.25, 0.3) is 0 Å². The van der Waals surface area contributed by atoms with Crippen LogP contribution < -0.4 is 5.32 Å². The minimum atomic E-state index is 0.801. The van der Waals surface area contributed by atoms with Crippen LogP contribution in [0, 0.1) is 0 Å². The smallest absolute Gasteiger partial charge is 0.0216 e. The second-order valence-corrected chi connectivity index (χ2v) is 4.78. The summed E-state index contributed by atoms with van der Waals surface area (Å²) in [7, 11) is 0. The van der Waals surface area contributed by atoms with Crippen LogP contribution >= 0.6 is 11.3 Å². The molecule has 0 saturated carbocycles. The lowest BCUT2D eigenvalue weighted by Crippen LogP contribution is -2.12. The van der Waals surface area contributed by atoms with Crippen LogP contribution in [-0.4, -0.2) is 6.54 Å². The van der Waals surface area contributed by atoms with Crippen molar-refractivity contribution < 1.29 is 0 Å². The average molecular weight is 195 g/mol. The first kappa shape index (κ1) is 9.22. The maximum atomic E-state index is 3.41. The van der Waals surface area contributed by atoms with Gasteiger partial charge in [-0.15, -0.1) is 11.3 Å². The molecule has 2 heteroatoms. The summed E-state index contributed by atoms with van der Waals surface area (Å²) in [6, 6.07) is 0. The van der Waals surface area contributed by atoms with Crippen molar-refractivity contribution in [3.05, 3.63) is 21.4 Å². The van der Waals surface area contributed by atoms with Crippen molar-refractivity contribution in [1.82, 2.24) is 5.32 Å². The quantitative estimate of drug-likeness (QED) is 0.782. The zero-order valence-corrected chi connectivity index (χ0v) is 9.21. The van der Waals surface area contributed by atoms with Crippen LogP contribution in [0.2, 0.25) is 0 Å². The lowest BCUT2D eigenvalue weighted by Gasteiger charge is -2.06. The predicted molar refractivity (Wildman–Crippen MR) is 58.4 cm³/mol. The first-order valence-corrected chi connectivity index (χ1v) is 6.00. The van der Waals surface area contributed by atoms with Crippen molar-refractivity contribution in [2.24, 2.45) is 0 Å². The van der Waals surface area contributed by atoms with Crippen LogP contribution in [0.1, 0.15) is 42.2 Å². The summed E-state index contributed by atoms with van der Waals surface area (Å²) in [5.41, 5.74) is 3.21. The molecule has 13 heavy (non-hydrogen) atoms. The van der Waals surface area contributed by atoms with Crippen LogP contribution in [-0.2, 0) is 13.0 Å². The SMILES string of the molecule is CCNCc1csc2c1C(C)CC2. The zero-order valence-electron chi connectivity index (χ0n) is 8.39. The molecule has 1 heterocycles. The van der Waals surface area contributed by atoms with Crippen LogP contribution in [0.4, 0.5) is 0 Å². The van der Waals surface area contributed by atoms with Gasteiger partial charge in [0.05, 0.1) is 0 Å². The second kappa shape index (κ2) is 3.81. The third-order valence-corrected chi connectivity index (χ3v) is 3.96. The van der Waals surface area contributed by atoms with E-state index in [1.807, 2.05) is 11.3 Å². The fourth-order valence-corrected chi connectivity index (χ4v) is 3.31. The van der Waals surface area contributed by atoms with E-state index in [1.54, 1.807) is 16.0 Å². The van der Waals surface area contributed by atoms with E-state index in [0.29, 0.717) is 0 Å². The molecule has 1 aromatic heterocycles. The molecule has 1 aliphatic carbocycles. The average Bonchev–Trinajstić information content (AvgIpc) is 2.67. The maximum absolute atomic E-state index is 3.41. The van der Waals surface area contributed by atoms with E-state index in [4.69, 9.17) is 0 Å². The summed E-state index contributed by atoms with van der Waals surface area (Å²) in [4.78, 5) is 1.64. The van der Waals surface area contributed by atoms with Crippen molar-refractivity contribution >= 4 is 11.3 Å². The Labute approximate surface area is 84.2 Å². The summed E-state index contributed by atoms with van der Waals surface area (Å²) in [5.74, 6) is 0.801. The molecular formula is C11H17NS. The number of hydrogen-bond acceptors (Lipinski definition) is 2. The van der Waals surface area contributed by atoms with Gasteiger partial charge in [0.2, 0.25) is 0 Å². The third kappa shape index (κ3) is 1.65. The van der Waals surface area contributed by atoms with Crippen molar-refractivity contribution in [3.8, 4) is 0 Å². The Morgan fingerprint density at radius 3 is 3.23 bits per heavy atom. The zero-order chi connectivity index (χ0) is 9.26. The van der Waals surface area contributed by atoms with Gasteiger partial charge < -0.3 is 5.32 Å². The Morgan fingerprint density at radius 2 is 2.46 bits per heavy atom. The summed E-state index contributed by atoms with van der Waals surface area (Å²) >= 11 is 1.95. The van der Waals surface area contributed by atoms with Gasteiger partial charge in [-0.3, -0.25) is 0 Å². The molecule has 0 spiro atoms. The van der Waals surface area contributed by atoms with Gasteiger partial charge >= 0.3 is 0 Å². The van der Waals surface area contributed by atoms with Gasteiger partial charge in [-0.25, -0.2) is 0 Å². The molecule has 1 unspecified atom stereocenters. The number of fused-ring (bicyclic) bond motifs is 1. The van der Waals surface area contributed by atoms with Gasteiger partial charge in [0.15, 0.2) is 0 Å². The van der Waals surface area contributed by atoms with Gasteiger partial charge in [-0.2, -0.15) is 0 Å². The molecule has 2 rings (SSSR count). The lowest BCUT2D eigenvalue weighted by atomic mass is 10.0. The van der Waals surface area contributed by atoms with Gasteiger partial charge in [-0.1, -0.05) is 13.8 Å². The molecule has 0 radical (unpaired) electrons. The maximum Gasteiger partial charge on any atom is 0.0216 e. The standard InChI is InChI=1S/C11H17NS/c1-3-12-6-9-7-13-10-5-4-8(2)11(9)10/h7-8,12H,3-6H2,1-2H3. The van der Waals surface area contributed by atoms with Crippen LogP contribution in [0.5, 0.6) is 0 Å². The number of nitrogens with one attached hydrogen (secondary N) is 1. The highest BCUT2D eigenvalue weighted by Gasteiger charge is 2.23. The fourth-order valence-electron chi connectivity index (χ4n) is 2.12. The Hall–Kier alpha value is -0.340. The van der Waals surface area contributed by atoms with E-state index in [2.05, 4.69) is 24.5 Å². The number of thiophene rings is 1. The summed E-state index contributed by atoms with van der Waals surface area (Å²) in [6.07, 6.45) is 2.68. The van der Waals surface area contributed by atoms with Crippen molar-refractivity contribution in [3.63, 3.8) is 0 Å². The van der Waals surface area contributed by atoms with Crippen LogP contribution in [0.3, 0.4) is 0 Å². The largest absolute Gasteiger partial charge is 0.313 e. The van der Waals surface area contributed by atoms with Gasteiger partial charge in [0.1, 0.15) is 0 Å². The first-order valence-electron chi connectivity index (χ1n) is 5.12. The Morgan fingerprint density at radius 1 is 1.62 bits per heavy atom. The van der Waals surface area contributed by atoms with E-state index in [9.17, 15) is 0 Å². The van der Waals surface area contributed by atoms with E-state index in [-0.39, 0.29) is 0 Å². The normalized spacial score (nSPS) is 20.6. The van der Waals surface area contributed by atoms with Crippen molar-refractivity contribution in [1.29, 1.82) is 0 Å². The summed E-state index contributed by atoms with van der Waals surface area (Å²) in [5, 5.41) is 5.74. The van der Waals surface area contributed by atoms with Crippen LogP contribution in [0.25, 0.3) is 0 Å². The van der Waals surface area contributed by atoms with E-state index in [0.717, 1.165) is 19.0 Å². The molecule has 1 atom stereocenters. The molecule has 0 fully saturated rings. The molecule has 1 aromatic rings. The van der Waals surface area contributed by atoms with Crippen molar-refractivity contribution in [2.45, 2.75) is 39.2 Å². The van der Waals surface area contributed by atoms with E-state index >= 15 is 0 Å². The highest BCUT2D eigenvalue weighted by atomic mass is 32.1. The summed E-state index contributed by atoms with van der Waals surface area (Å²) < 4.78 is 0. The molecule has 0 aliphatic heterocycles. The monoisotopic (exact) mass is 195 g/mol. The molecule has 1 N–H and O–H groups in total. The molecule has 1 nitrogen and oxygen atoms in total. The topological polar surface area (TPSA) is 12.0 Å². The molecule has 0 bridgehead atoms. The number of rotatable bonds is 3. The first-order chi connectivity index (χ1) is 6.33. The lowest BCUT2D eigenvalue weighted by molar-refractivity contribution is 0.699. The number of hydrogen-bond donors (Lipinski definition) is 1. The third-order valence-electron chi connectivity index (χ3n) is 2.85. The van der Waals surface area contributed by atoms with E-state index in [1.165, 1.54) is 12.8 Å². The molecular weight excluding hydrogens is 178 g/mol. The fraction of sp³-hybridized carbons (Fsp3) is 0.636. The van der Waals surface area contributed by atoms with Crippen molar-refractivity contribution in [2.75, 3.05) is 6.54 Å². The number of aryl methyl sites for hydroxylation is 1. The highest BCUT2D eigenvalue weighted by molar-refractivity contribution is 7.10. The molecule has 0 aromatic carbocycles. The predicted octanol–water partition coefficient (Wildman–Crippen LogP) is 2.91. The Bertz CT molecular complexity index is 290. The minimum Gasteiger partial charge on any atom is -0.313 e. The molecule has 0 amide bonds. The molecule has 0 saturated heterocycles. The highest BCUT2D eigenvalue weighted by Crippen LogP contribution is 2.39. The second-order valence-electron chi connectivity index (χ2n) is 3.82. The Balaban J connectivity index is 2.18. The van der Waals surface area contributed by atoms with Gasteiger partial charge in [0, 0.05) is 11.4 Å². The van der Waals surface area contributed by atoms with E-state index < -0.39 is 0 Å². The molecule has 72 valence electrons. The van der Waals surface area contributed by atoms with Gasteiger partial charge in [-0.05, 0) is 41.8 Å². The molecule has 1 aliphatic rings. The minimum absolute atomic E-state index is 0.801.